The molecule has 0 bridgehead atoms. The summed E-state index contributed by atoms with van der Waals surface area (Å²) < 4.78 is 46.7. The minimum atomic E-state index is -1.34. The number of pyridine rings is 1. The first-order valence-electron chi connectivity index (χ1n) is 14.4. The number of fused-ring (bicyclic) bond motifs is 2. The summed E-state index contributed by atoms with van der Waals surface area (Å²) in [5.74, 6) is -0.281. The average molecular weight is 597 g/mol. The molecule has 1 N–H and O–H groups in total. The average Bonchev–Trinajstić information content (AvgIpc) is 3.64. The van der Waals surface area contributed by atoms with Crippen molar-refractivity contribution in [2.24, 2.45) is 0 Å². The maximum Gasteiger partial charge on any atom is 0.217 e. The Labute approximate surface area is 245 Å². The maximum atomic E-state index is 15.7. The van der Waals surface area contributed by atoms with Crippen molar-refractivity contribution in [1.82, 2.24) is 9.55 Å². The van der Waals surface area contributed by atoms with Crippen molar-refractivity contribution in [1.29, 1.82) is 5.26 Å². The van der Waals surface area contributed by atoms with Crippen LogP contribution < -0.4 is 9.64 Å². The Balaban J connectivity index is 1.35. The molecule has 4 atom stereocenters. The van der Waals surface area contributed by atoms with Gasteiger partial charge >= 0.3 is 0 Å². The van der Waals surface area contributed by atoms with Gasteiger partial charge in [-0.25, -0.2) is 9.37 Å². The van der Waals surface area contributed by atoms with Crippen molar-refractivity contribution in [2.75, 3.05) is 51.0 Å². The summed E-state index contributed by atoms with van der Waals surface area (Å²) in [6.07, 6.45) is -2.26. The topological polar surface area (TPSA) is 111 Å². The Kier molecular flexibility index (Phi) is 8.23. The van der Waals surface area contributed by atoms with Gasteiger partial charge < -0.3 is 33.7 Å². The number of anilines is 1. The number of hydrogen-bond acceptors (Lipinski definition) is 9. The lowest BCUT2D eigenvalue weighted by Crippen LogP contribution is -2.36. The van der Waals surface area contributed by atoms with Gasteiger partial charge in [-0.15, -0.1) is 0 Å². The highest BCUT2D eigenvalue weighted by molar-refractivity contribution is 6.76. The van der Waals surface area contributed by atoms with Crippen LogP contribution in [-0.2, 0) is 25.7 Å². The third kappa shape index (κ3) is 5.77. The van der Waals surface area contributed by atoms with Gasteiger partial charge in [0.25, 0.3) is 0 Å². The van der Waals surface area contributed by atoms with E-state index in [1.807, 2.05) is 24.3 Å². The Morgan fingerprint density at radius 3 is 2.57 bits per heavy atom. The highest BCUT2D eigenvalue weighted by Gasteiger charge is 2.49. The molecule has 3 aromatic rings. The van der Waals surface area contributed by atoms with Gasteiger partial charge in [0.1, 0.15) is 47.9 Å². The van der Waals surface area contributed by atoms with Crippen molar-refractivity contribution < 1.29 is 33.2 Å². The number of hydrogen-bond donors (Lipinski definition) is 1. The van der Waals surface area contributed by atoms with Crippen LogP contribution in [-0.4, -0.2) is 93.3 Å². The molecule has 0 unspecified atom stereocenters. The van der Waals surface area contributed by atoms with Crippen LogP contribution in [0.1, 0.15) is 5.56 Å². The summed E-state index contributed by atoms with van der Waals surface area (Å²) in [6.45, 7) is 10.7. The number of nitrogens with zero attached hydrogens (tertiary/aromatic N) is 4. The number of nitriles is 1. The lowest BCUT2D eigenvalue weighted by atomic mass is 10.1. The van der Waals surface area contributed by atoms with E-state index in [9.17, 15) is 10.4 Å². The fourth-order valence-corrected chi connectivity index (χ4v) is 6.40. The fraction of sp³-hybridized carbons (Fsp3) is 0.533. The van der Waals surface area contributed by atoms with Crippen molar-refractivity contribution >= 4 is 24.8 Å². The number of rotatable bonds is 9. The van der Waals surface area contributed by atoms with Crippen LogP contribution in [0, 0.1) is 17.1 Å². The van der Waals surface area contributed by atoms with E-state index >= 15 is 4.39 Å². The molecule has 5 heterocycles. The molecule has 2 aromatic heterocycles. The molecule has 0 aliphatic carbocycles. The first-order chi connectivity index (χ1) is 20.2. The third-order valence-corrected chi connectivity index (χ3v) is 9.74. The second-order valence-corrected chi connectivity index (χ2v) is 17.8. The van der Waals surface area contributed by atoms with E-state index in [4.69, 9.17) is 23.7 Å². The molecule has 42 heavy (non-hydrogen) atoms. The van der Waals surface area contributed by atoms with E-state index < -0.39 is 38.3 Å². The van der Waals surface area contributed by atoms with Gasteiger partial charge in [0.15, 0.2) is 11.9 Å². The van der Waals surface area contributed by atoms with Crippen LogP contribution in [0.5, 0.6) is 5.88 Å². The van der Waals surface area contributed by atoms with Crippen molar-refractivity contribution in [3.05, 3.63) is 41.7 Å². The van der Waals surface area contributed by atoms with Crippen LogP contribution in [0.4, 0.5) is 10.1 Å². The predicted octanol–water partition coefficient (Wildman–Crippen LogP) is 3.77. The summed E-state index contributed by atoms with van der Waals surface area (Å²) in [4.78, 5) is 6.90. The molecule has 6 rings (SSSR count). The molecule has 12 heteroatoms. The van der Waals surface area contributed by atoms with Crippen molar-refractivity contribution in [3.8, 4) is 23.2 Å². The normalized spacial score (nSPS) is 24.2. The van der Waals surface area contributed by atoms with Crippen LogP contribution >= 0.6 is 0 Å². The standard InChI is InChI=1S/C30H37FN4O6Si/c1-42(2,3)13-12-38-18-35-23-14-22(31)26(19-4-6-20(7-5-19)34-8-10-37-11-9-34)33-27(23)21(15-32)30(35)41-25-17-40-28-24(36)16-39-29(25)28/h4-7,14,24-25,28-29,36H,8-13,16-18H2,1-3H3/t24-,25-,28-,29-/m1/s1. The molecule has 0 radical (unpaired) electrons. The molecule has 0 saturated carbocycles. The molecule has 3 aliphatic heterocycles. The molecule has 0 spiro atoms. The Hall–Kier alpha value is -3.05. The van der Waals surface area contributed by atoms with E-state index in [-0.39, 0.29) is 37.1 Å². The summed E-state index contributed by atoms with van der Waals surface area (Å²) >= 11 is 0. The van der Waals surface area contributed by atoms with Gasteiger partial charge in [0.2, 0.25) is 5.88 Å². The van der Waals surface area contributed by atoms with Gasteiger partial charge in [0.05, 0.1) is 31.9 Å². The van der Waals surface area contributed by atoms with Gasteiger partial charge in [-0.2, -0.15) is 5.26 Å². The maximum absolute atomic E-state index is 15.7. The molecule has 3 saturated heterocycles. The minimum absolute atomic E-state index is 0.0673. The number of aliphatic hydroxyl groups excluding tert-OH is 1. The van der Waals surface area contributed by atoms with Gasteiger partial charge in [-0.05, 0) is 18.2 Å². The summed E-state index contributed by atoms with van der Waals surface area (Å²) in [7, 11) is -1.34. The van der Waals surface area contributed by atoms with E-state index in [0.717, 1.165) is 24.8 Å². The van der Waals surface area contributed by atoms with E-state index in [0.29, 0.717) is 36.4 Å². The second-order valence-electron chi connectivity index (χ2n) is 12.2. The molecule has 3 fully saturated rings. The smallest absolute Gasteiger partial charge is 0.217 e. The first kappa shape index (κ1) is 29.0. The first-order valence-corrected chi connectivity index (χ1v) is 18.2. The number of morpholine rings is 1. The van der Waals surface area contributed by atoms with Crippen LogP contribution in [0.3, 0.4) is 0 Å². The molecular weight excluding hydrogens is 559 g/mol. The van der Waals surface area contributed by atoms with Gasteiger partial charge in [0, 0.05) is 45.1 Å². The van der Waals surface area contributed by atoms with Crippen LogP contribution in [0.2, 0.25) is 25.7 Å². The quantitative estimate of drug-likeness (QED) is 0.292. The Morgan fingerprint density at radius 2 is 1.86 bits per heavy atom. The third-order valence-electron chi connectivity index (χ3n) is 8.03. The zero-order valence-electron chi connectivity index (χ0n) is 24.2. The lowest BCUT2D eigenvalue weighted by Gasteiger charge is -2.28. The Bertz CT molecular complexity index is 1460. The summed E-state index contributed by atoms with van der Waals surface area (Å²) in [6, 6.07) is 12.2. The fourth-order valence-electron chi connectivity index (χ4n) is 5.64. The van der Waals surface area contributed by atoms with Crippen molar-refractivity contribution in [3.63, 3.8) is 0 Å². The molecule has 0 amide bonds. The highest BCUT2D eigenvalue weighted by atomic mass is 28.3. The number of aromatic nitrogens is 2. The van der Waals surface area contributed by atoms with Gasteiger partial charge in [-0.1, -0.05) is 31.8 Å². The second kappa shape index (κ2) is 11.9. The van der Waals surface area contributed by atoms with Crippen LogP contribution in [0.15, 0.2) is 30.3 Å². The minimum Gasteiger partial charge on any atom is -0.469 e. The largest absolute Gasteiger partial charge is 0.469 e. The van der Waals surface area contributed by atoms with Crippen molar-refractivity contribution in [2.45, 2.75) is 56.8 Å². The van der Waals surface area contributed by atoms with Gasteiger partial charge in [-0.3, -0.25) is 4.57 Å². The number of halogens is 1. The molecular formula is C30H37FN4O6Si. The molecule has 3 aliphatic rings. The molecule has 1 aromatic carbocycles. The summed E-state index contributed by atoms with van der Waals surface area (Å²) in [5.41, 5.74) is 2.72. The predicted molar refractivity (Wildman–Crippen MR) is 157 cm³/mol. The van der Waals surface area contributed by atoms with E-state index in [1.165, 1.54) is 6.07 Å². The van der Waals surface area contributed by atoms with Crippen LogP contribution in [0.25, 0.3) is 22.3 Å². The highest BCUT2D eigenvalue weighted by Crippen LogP contribution is 2.37. The summed E-state index contributed by atoms with van der Waals surface area (Å²) in [5, 5.41) is 20.5. The van der Waals surface area contributed by atoms with E-state index in [2.05, 4.69) is 35.6 Å². The number of aliphatic hydroxyl groups is 1. The zero-order valence-corrected chi connectivity index (χ0v) is 25.2. The zero-order chi connectivity index (χ0) is 29.4. The molecule has 224 valence electrons. The SMILES string of the molecule is C[Si](C)(C)CCOCn1c(O[C@@H]2CO[C@H]3[C@@H]2OC[C@H]3O)c(C#N)c2nc(-c3ccc(N4CCOCC4)cc3)c(F)cc21. The Morgan fingerprint density at radius 1 is 1.12 bits per heavy atom. The lowest BCUT2D eigenvalue weighted by molar-refractivity contribution is 0.00470. The number of benzene rings is 1. The monoisotopic (exact) mass is 596 g/mol. The van der Waals surface area contributed by atoms with E-state index in [1.54, 1.807) is 4.57 Å². The number of ether oxygens (including phenoxy) is 5. The molecule has 10 nitrogen and oxygen atoms in total.